The summed E-state index contributed by atoms with van der Waals surface area (Å²) in [6.07, 6.45) is 1.25. The lowest BCUT2D eigenvalue weighted by molar-refractivity contribution is -0.208. The number of hydrogen-bond donors (Lipinski definition) is 1. The van der Waals surface area contributed by atoms with Crippen LogP contribution in [0.5, 0.6) is 0 Å². The number of halogens is 2. The minimum Gasteiger partial charge on any atom is -0.378 e. The van der Waals surface area contributed by atoms with E-state index in [2.05, 4.69) is 24.7 Å². The fourth-order valence-corrected chi connectivity index (χ4v) is 4.35. The van der Waals surface area contributed by atoms with Crippen molar-refractivity contribution in [3.8, 4) is 0 Å². The lowest BCUT2D eigenvalue weighted by Crippen LogP contribution is -2.37. The van der Waals surface area contributed by atoms with E-state index in [-0.39, 0.29) is 36.7 Å². The van der Waals surface area contributed by atoms with E-state index in [0.717, 1.165) is 6.26 Å². The number of anilines is 2. The highest BCUT2D eigenvalue weighted by atomic mass is 32.2. The highest BCUT2D eigenvalue weighted by Gasteiger charge is 2.29. The number of carbonyl (C=O) groups is 1. The molecule has 0 aliphatic carbocycles. The van der Waals surface area contributed by atoms with Gasteiger partial charge in [-0.3, -0.25) is 13.7 Å². The molecule has 1 N–H and O–H groups in total. The number of fused-ring (bicyclic) bond motifs is 1. The second kappa shape index (κ2) is 10.9. The number of nitrogens with zero attached hydrogens (tertiary/aromatic N) is 6. The number of hydrogen-bond acceptors (Lipinski definition) is 11. The lowest BCUT2D eigenvalue weighted by atomic mass is 10.3. The number of amides is 1. The van der Waals surface area contributed by atoms with Crippen LogP contribution in [-0.4, -0.2) is 97.4 Å². The van der Waals surface area contributed by atoms with Crippen molar-refractivity contribution in [1.29, 1.82) is 0 Å². The van der Waals surface area contributed by atoms with Gasteiger partial charge in [0.1, 0.15) is 18.0 Å². The summed E-state index contributed by atoms with van der Waals surface area (Å²) in [4.78, 5) is 19.7. The van der Waals surface area contributed by atoms with E-state index in [0.29, 0.717) is 32.1 Å². The molecule has 2 fully saturated rings. The first-order valence-corrected chi connectivity index (χ1v) is 13.4. The SMILES string of the molecule is CS(=O)(=O)OCC1OCC(n2cc(NC(=O)c3cnn4ccc(N5CCOCC5)nc34)c(C(F)F)n2)CO1. The molecule has 2 aliphatic heterocycles. The summed E-state index contributed by atoms with van der Waals surface area (Å²) < 4.78 is 73.3. The van der Waals surface area contributed by atoms with Crippen molar-refractivity contribution in [3.05, 3.63) is 35.9 Å². The van der Waals surface area contributed by atoms with Crippen LogP contribution < -0.4 is 10.2 Å². The first kappa shape index (κ1) is 26.4. The molecule has 38 heavy (non-hydrogen) atoms. The second-order valence-corrected chi connectivity index (χ2v) is 10.3. The van der Waals surface area contributed by atoms with Crippen molar-refractivity contribution < 1.29 is 40.4 Å². The zero-order valence-corrected chi connectivity index (χ0v) is 21.0. The Bertz CT molecular complexity index is 1400. The normalized spacial score (nSPS) is 20.8. The smallest absolute Gasteiger partial charge is 0.284 e. The topological polar surface area (TPSA) is 151 Å². The summed E-state index contributed by atoms with van der Waals surface area (Å²) in [6.45, 7) is 2.08. The molecule has 0 atom stereocenters. The maximum Gasteiger partial charge on any atom is 0.284 e. The van der Waals surface area contributed by atoms with E-state index in [1.54, 1.807) is 12.3 Å². The van der Waals surface area contributed by atoms with Crippen LogP contribution in [0.3, 0.4) is 0 Å². The largest absolute Gasteiger partial charge is 0.378 e. The zero-order chi connectivity index (χ0) is 26.9. The van der Waals surface area contributed by atoms with Gasteiger partial charge in [-0.2, -0.15) is 18.6 Å². The van der Waals surface area contributed by atoms with Crippen LogP contribution in [-0.2, 0) is 28.5 Å². The van der Waals surface area contributed by atoms with Crippen LogP contribution in [0.1, 0.15) is 28.5 Å². The molecule has 0 saturated carbocycles. The third kappa shape index (κ3) is 5.91. The number of rotatable bonds is 8. The monoisotopic (exact) mass is 557 g/mol. The third-order valence-corrected chi connectivity index (χ3v) is 6.46. The number of aromatic nitrogens is 5. The summed E-state index contributed by atoms with van der Waals surface area (Å²) in [5.41, 5.74) is -0.435. The molecule has 206 valence electrons. The van der Waals surface area contributed by atoms with Gasteiger partial charge in [-0.15, -0.1) is 0 Å². The van der Waals surface area contributed by atoms with E-state index < -0.39 is 40.5 Å². The summed E-state index contributed by atoms with van der Waals surface area (Å²) >= 11 is 0. The average molecular weight is 558 g/mol. The van der Waals surface area contributed by atoms with Gasteiger partial charge < -0.3 is 24.4 Å². The van der Waals surface area contributed by atoms with Crippen LogP contribution in [0.25, 0.3) is 5.65 Å². The molecular formula is C21H25F2N7O7S. The summed E-state index contributed by atoms with van der Waals surface area (Å²) in [6, 6.07) is 1.18. The maximum absolute atomic E-state index is 13.8. The first-order chi connectivity index (χ1) is 18.2. The Hall–Kier alpha value is -3.25. The molecule has 2 saturated heterocycles. The highest BCUT2D eigenvalue weighted by Crippen LogP contribution is 2.29. The fourth-order valence-electron chi connectivity index (χ4n) is 3.99. The summed E-state index contributed by atoms with van der Waals surface area (Å²) in [7, 11) is -3.67. The predicted octanol–water partition coefficient (Wildman–Crippen LogP) is 0.842. The van der Waals surface area contributed by atoms with E-state index in [4.69, 9.17) is 14.2 Å². The number of carbonyl (C=O) groups excluding carboxylic acids is 1. The van der Waals surface area contributed by atoms with Crippen LogP contribution in [0, 0.1) is 0 Å². The van der Waals surface area contributed by atoms with Crippen molar-refractivity contribution in [2.24, 2.45) is 0 Å². The van der Waals surface area contributed by atoms with E-state index >= 15 is 0 Å². The zero-order valence-electron chi connectivity index (χ0n) is 20.2. The van der Waals surface area contributed by atoms with E-state index in [1.807, 2.05) is 4.90 Å². The Kier molecular flexibility index (Phi) is 7.53. The Morgan fingerprint density at radius 2 is 2.00 bits per heavy atom. The summed E-state index contributed by atoms with van der Waals surface area (Å²) in [5, 5.41) is 10.6. The molecule has 0 unspecified atom stereocenters. The quantitative estimate of drug-likeness (QED) is 0.392. The van der Waals surface area contributed by atoms with Gasteiger partial charge >= 0.3 is 0 Å². The van der Waals surface area contributed by atoms with Crippen LogP contribution in [0.15, 0.2) is 24.7 Å². The molecule has 17 heteroatoms. The van der Waals surface area contributed by atoms with Crippen molar-refractivity contribution in [1.82, 2.24) is 24.4 Å². The molecule has 0 bridgehead atoms. The Labute approximate surface area is 215 Å². The molecule has 0 radical (unpaired) electrons. The van der Waals surface area contributed by atoms with Crippen molar-refractivity contribution in [2.45, 2.75) is 18.8 Å². The summed E-state index contributed by atoms with van der Waals surface area (Å²) in [5.74, 6) is -0.0313. The highest BCUT2D eigenvalue weighted by molar-refractivity contribution is 7.85. The number of ether oxygens (including phenoxy) is 3. The second-order valence-electron chi connectivity index (χ2n) is 8.61. The predicted molar refractivity (Wildman–Crippen MR) is 127 cm³/mol. The Morgan fingerprint density at radius 1 is 1.26 bits per heavy atom. The average Bonchev–Trinajstić information content (AvgIpc) is 3.52. The maximum atomic E-state index is 13.8. The first-order valence-electron chi connectivity index (χ1n) is 11.6. The molecule has 3 aromatic rings. The standard InChI is InChI=1S/C21H25F2N7O7S/c1-38(32,33)37-12-17-35-10-13(11-36-17)30-9-15(18(27-30)19(22)23)25-21(31)14-8-24-29-3-2-16(26-20(14)29)28-4-6-34-7-5-28/h2-3,8-9,13,17,19H,4-7,10-12H2,1H3,(H,25,31). The molecule has 5 heterocycles. The van der Waals surface area contributed by atoms with Gasteiger partial charge in [-0.25, -0.2) is 18.3 Å². The van der Waals surface area contributed by atoms with Crippen LogP contribution in [0.2, 0.25) is 0 Å². The van der Waals surface area contributed by atoms with Crippen molar-refractivity contribution in [3.63, 3.8) is 0 Å². The molecular weight excluding hydrogens is 532 g/mol. The van der Waals surface area contributed by atoms with Gasteiger partial charge in [0, 0.05) is 25.5 Å². The molecule has 0 aromatic carbocycles. The van der Waals surface area contributed by atoms with Gasteiger partial charge in [0.15, 0.2) is 17.6 Å². The lowest BCUT2D eigenvalue weighted by Gasteiger charge is -2.29. The van der Waals surface area contributed by atoms with Gasteiger partial charge in [0.25, 0.3) is 22.5 Å². The van der Waals surface area contributed by atoms with Crippen LogP contribution in [0.4, 0.5) is 20.3 Å². The molecule has 1 amide bonds. The van der Waals surface area contributed by atoms with Gasteiger partial charge in [-0.1, -0.05) is 0 Å². The number of nitrogens with one attached hydrogen (secondary N) is 1. The molecule has 3 aromatic heterocycles. The van der Waals surface area contributed by atoms with E-state index in [9.17, 15) is 22.0 Å². The fraction of sp³-hybridized carbons (Fsp3) is 0.524. The minimum absolute atomic E-state index is 0.00216. The Balaban J connectivity index is 1.30. The third-order valence-electron chi connectivity index (χ3n) is 5.89. The van der Waals surface area contributed by atoms with E-state index in [1.165, 1.54) is 21.6 Å². The molecule has 5 rings (SSSR count). The van der Waals surface area contributed by atoms with Gasteiger partial charge in [0.2, 0.25) is 0 Å². The molecule has 2 aliphatic rings. The van der Waals surface area contributed by atoms with Gasteiger partial charge in [0.05, 0.1) is 50.6 Å². The molecule has 0 spiro atoms. The number of morpholine rings is 1. The minimum atomic E-state index is -3.67. The number of alkyl halides is 2. The Morgan fingerprint density at radius 3 is 2.68 bits per heavy atom. The van der Waals surface area contributed by atoms with Gasteiger partial charge in [-0.05, 0) is 6.07 Å². The molecule has 14 nitrogen and oxygen atoms in total. The van der Waals surface area contributed by atoms with Crippen molar-refractivity contribution >= 4 is 33.2 Å². The van der Waals surface area contributed by atoms with Crippen molar-refractivity contribution in [2.75, 3.05) is 62.6 Å². The van der Waals surface area contributed by atoms with Crippen LogP contribution >= 0.6 is 0 Å².